The number of unbranched alkanes of at least 4 members (excludes halogenated alkanes) is 3. The molecule has 0 saturated carbocycles. The largest absolute Gasteiger partial charge is 0.508 e. The van der Waals surface area contributed by atoms with Crippen LogP contribution < -0.4 is 4.74 Å². The molecule has 0 heterocycles. The average Bonchev–Trinajstić information content (AvgIpc) is 2.48. The molecule has 0 aliphatic heterocycles. The third-order valence-corrected chi connectivity index (χ3v) is 3.31. The van der Waals surface area contributed by atoms with Gasteiger partial charge < -0.3 is 9.84 Å². The summed E-state index contributed by atoms with van der Waals surface area (Å²) in [6, 6.07) is 15.0. The van der Waals surface area contributed by atoms with Gasteiger partial charge in [-0.05, 0) is 54.8 Å². The summed E-state index contributed by atoms with van der Waals surface area (Å²) in [5.41, 5.74) is 1.36. The highest BCUT2D eigenvalue weighted by Crippen LogP contribution is 2.23. The number of aryl methyl sites for hydroxylation is 1. The van der Waals surface area contributed by atoms with Gasteiger partial charge in [-0.1, -0.05) is 38.3 Å². The van der Waals surface area contributed by atoms with Crippen molar-refractivity contribution >= 4 is 0 Å². The number of ether oxygens (including phenoxy) is 1. The lowest BCUT2D eigenvalue weighted by atomic mass is 10.1. The Morgan fingerprint density at radius 2 is 1.40 bits per heavy atom. The Morgan fingerprint density at radius 3 is 2.00 bits per heavy atom. The van der Waals surface area contributed by atoms with Gasteiger partial charge in [-0.3, -0.25) is 0 Å². The molecule has 0 radical (unpaired) electrons. The van der Waals surface area contributed by atoms with Crippen LogP contribution in [0.1, 0.15) is 38.2 Å². The second-order valence-electron chi connectivity index (χ2n) is 5.05. The zero-order valence-corrected chi connectivity index (χ0v) is 12.0. The van der Waals surface area contributed by atoms with Crippen LogP contribution in [0.3, 0.4) is 0 Å². The van der Waals surface area contributed by atoms with Crippen LogP contribution in [0.4, 0.5) is 0 Å². The van der Waals surface area contributed by atoms with Crippen molar-refractivity contribution in [3.05, 3.63) is 54.1 Å². The third kappa shape index (κ3) is 4.61. The molecule has 2 aromatic rings. The lowest BCUT2D eigenvalue weighted by Crippen LogP contribution is -1.87. The predicted molar refractivity (Wildman–Crippen MR) is 82.5 cm³/mol. The Balaban J connectivity index is 1.86. The zero-order valence-electron chi connectivity index (χ0n) is 12.0. The Bertz CT molecular complexity index is 500. The molecule has 2 nitrogen and oxygen atoms in total. The summed E-state index contributed by atoms with van der Waals surface area (Å²) in [6.45, 7) is 2.23. The predicted octanol–water partition coefficient (Wildman–Crippen LogP) is 5.31. The number of rotatable bonds is 7. The Labute approximate surface area is 121 Å². The van der Waals surface area contributed by atoms with E-state index in [-0.39, 0.29) is 5.75 Å². The molecular formula is C18H22O2. The normalized spacial score (nSPS) is 10.4. The van der Waals surface area contributed by atoms with Crippen molar-refractivity contribution in [2.45, 2.75) is 39.0 Å². The standard InChI is InChI=1S/C18H22O2/c1-2-3-4-5-6-15-7-11-17(12-8-15)20-18-13-9-16(19)10-14-18/h7-14,19H,2-6H2,1H3. The van der Waals surface area contributed by atoms with E-state index in [1.165, 1.54) is 31.2 Å². The highest BCUT2D eigenvalue weighted by molar-refractivity contribution is 5.35. The fourth-order valence-corrected chi connectivity index (χ4v) is 2.13. The Hall–Kier alpha value is -1.96. The monoisotopic (exact) mass is 270 g/mol. The molecule has 0 amide bonds. The van der Waals surface area contributed by atoms with E-state index in [2.05, 4.69) is 19.1 Å². The van der Waals surface area contributed by atoms with Crippen LogP contribution in [-0.2, 0) is 6.42 Å². The van der Waals surface area contributed by atoms with Gasteiger partial charge in [-0.25, -0.2) is 0 Å². The van der Waals surface area contributed by atoms with Gasteiger partial charge in [0.15, 0.2) is 0 Å². The van der Waals surface area contributed by atoms with E-state index >= 15 is 0 Å². The van der Waals surface area contributed by atoms with E-state index < -0.39 is 0 Å². The SMILES string of the molecule is CCCCCCc1ccc(Oc2ccc(O)cc2)cc1. The van der Waals surface area contributed by atoms with Gasteiger partial charge in [-0.2, -0.15) is 0 Å². The fraction of sp³-hybridized carbons (Fsp3) is 0.333. The molecule has 106 valence electrons. The van der Waals surface area contributed by atoms with Gasteiger partial charge in [0.05, 0.1) is 0 Å². The number of aromatic hydroxyl groups is 1. The van der Waals surface area contributed by atoms with E-state index in [1.807, 2.05) is 12.1 Å². The molecule has 2 rings (SSSR count). The molecule has 0 atom stereocenters. The molecule has 2 heteroatoms. The number of hydrogen-bond acceptors (Lipinski definition) is 2. The van der Waals surface area contributed by atoms with E-state index in [9.17, 15) is 5.11 Å². The van der Waals surface area contributed by atoms with Gasteiger partial charge >= 0.3 is 0 Å². The van der Waals surface area contributed by atoms with Crippen molar-refractivity contribution in [1.29, 1.82) is 0 Å². The minimum absolute atomic E-state index is 0.250. The van der Waals surface area contributed by atoms with Gasteiger partial charge in [0.1, 0.15) is 17.2 Å². The lowest BCUT2D eigenvalue weighted by molar-refractivity contribution is 0.464. The molecule has 0 fully saturated rings. The van der Waals surface area contributed by atoms with Crippen LogP contribution >= 0.6 is 0 Å². The second kappa shape index (κ2) is 7.59. The number of phenolic OH excluding ortho intramolecular Hbond substituents is 1. The minimum atomic E-state index is 0.250. The molecule has 0 saturated heterocycles. The fourth-order valence-electron chi connectivity index (χ4n) is 2.13. The van der Waals surface area contributed by atoms with Crippen molar-refractivity contribution < 1.29 is 9.84 Å². The number of benzene rings is 2. The minimum Gasteiger partial charge on any atom is -0.508 e. The van der Waals surface area contributed by atoms with E-state index in [1.54, 1.807) is 24.3 Å². The van der Waals surface area contributed by atoms with E-state index in [0.29, 0.717) is 0 Å². The topological polar surface area (TPSA) is 29.5 Å². The van der Waals surface area contributed by atoms with Crippen LogP contribution in [0.2, 0.25) is 0 Å². The molecule has 2 aromatic carbocycles. The van der Waals surface area contributed by atoms with Crippen LogP contribution in [0.25, 0.3) is 0 Å². The van der Waals surface area contributed by atoms with Crippen molar-refractivity contribution in [2.75, 3.05) is 0 Å². The molecule has 0 bridgehead atoms. The van der Waals surface area contributed by atoms with Gasteiger partial charge in [0.2, 0.25) is 0 Å². The highest BCUT2D eigenvalue weighted by atomic mass is 16.5. The average molecular weight is 270 g/mol. The van der Waals surface area contributed by atoms with Crippen LogP contribution in [0.15, 0.2) is 48.5 Å². The highest BCUT2D eigenvalue weighted by Gasteiger charge is 1.99. The number of hydrogen-bond donors (Lipinski definition) is 1. The Morgan fingerprint density at radius 1 is 0.800 bits per heavy atom. The summed E-state index contributed by atoms with van der Waals surface area (Å²) in [4.78, 5) is 0. The first-order chi connectivity index (χ1) is 9.78. The molecular weight excluding hydrogens is 248 g/mol. The summed E-state index contributed by atoms with van der Waals surface area (Å²) in [5.74, 6) is 1.81. The molecule has 1 N–H and O–H groups in total. The lowest BCUT2D eigenvalue weighted by Gasteiger charge is -2.07. The van der Waals surface area contributed by atoms with Crippen molar-refractivity contribution in [2.24, 2.45) is 0 Å². The maximum Gasteiger partial charge on any atom is 0.127 e. The van der Waals surface area contributed by atoms with Gasteiger partial charge in [0.25, 0.3) is 0 Å². The van der Waals surface area contributed by atoms with E-state index in [4.69, 9.17) is 4.74 Å². The van der Waals surface area contributed by atoms with Gasteiger partial charge in [-0.15, -0.1) is 0 Å². The molecule has 0 spiro atoms. The third-order valence-electron chi connectivity index (χ3n) is 3.31. The summed E-state index contributed by atoms with van der Waals surface area (Å²) in [6.07, 6.45) is 6.30. The molecule has 0 aliphatic rings. The zero-order chi connectivity index (χ0) is 14.2. The number of phenols is 1. The van der Waals surface area contributed by atoms with Crippen LogP contribution in [0, 0.1) is 0 Å². The maximum atomic E-state index is 9.22. The summed E-state index contributed by atoms with van der Waals surface area (Å²) in [5, 5.41) is 9.22. The van der Waals surface area contributed by atoms with Crippen LogP contribution in [-0.4, -0.2) is 5.11 Å². The van der Waals surface area contributed by atoms with Crippen molar-refractivity contribution in [3.8, 4) is 17.2 Å². The first-order valence-corrected chi connectivity index (χ1v) is 7.34. The molecule has 0 aliphatic carbocycles. The molecule has 0 aromatic heterocycles. The first kappa shape index (κ1) is 14.4. The van der Waals surface area contributed by atoms with Crippen LogP contribution in [0.5, 0.6) is 17.2 Å². The maximum absolute atomic E-state index is 9.22. The second-order valence-corrected chi connectivity index (χ2v) is 5.05. The summed E-state index contributed by atoms with van der Waals surface area (Å²) < 4.78 is 5.72. The smallest absolute Gasteiger partial charge is 0.127 e. The summed E-state index contributed by atoms with van der Waals surface area (Å²) >= 11 is 0. The van der Waals surface area contributed by atoms with Gasteiger partial charge in [0, 0.05) is 0 Å². The Kier molecular flexibility index (Phi) is 5.48. The van der Waals surface area contributed by atoms with Crippen molar-refractivity contribution in [1.82, 2.24) is 0 Å². The molecule has 20 heavy (non-hydrogen) atoms. The molecule has 0 unspecified atom stereocenters. The van der Waals surface area contributed by atoms with Crippen molar-refractivity contribution in [3.63, 3.8) is 0 Å². The summed E-state index contributed by atoms with van der Waals surface area (Å²) in [7, 11) is 0. The van der Waals surface area contributed by atoms with E-state index in [0.717, 1.165) is 17.9 Å². The quantitative estimate of drug-likeness (QED) is 0.691. The first-order valence-electron chi connectivity index (χ1n) is 7.34.